The molecular weight excluding hydrogens is 374 g/mol. The SMILES string of the molecule is CCCN(CCNC(=O)CC)c1cn2cc(-c3ccc(N(C)C)cc3)nc2cc1C. The van der Waals surface area contributed by atoms with E-state index < -0.39 is 0 Å². The number of aromatic nitrogens is 2. The van der Waals surface area contributed by atoms with Gasteiger partial charge in [-0.15, -0.1) is 0 Å². The van der Waals surface area contributed by atoms with Gasteiger partial charge in [0, 0.05) is 63.8 Å². The molecule has 3 aromatic rings. The van der Waals surface area contributed by atoms with Crippen LogP contribution in [0.5, 0.6) is 0 Å². The van der Waals surface area contributed by atoms with E-state index in [-0.39, 0.29) is 5.91 Å². The number of carbonyl (C=O) groups is 1. The number of benzene rings is 1. The van der Waals surface area contributed by atoms with Crippen LogP contribution in [0.1, 0.15) is 32.3 Å². The Labute approximate surface area is 179 Å². The lowest BCUT2D eigenvalue weighted by molar-refractivity contribution is -0.120. The average Bonchev–Trinajstić information content (AvgIpc) is 3.15. The number of imidazole rings is 1. The van der Waals surface area contributed by atoms with Gasteiger partial charge >= 0.3 is 0 Å². The average molecular weight is 408 g/mol. The second kappa shape index (κ2) is 9.65. The summed E-state index contributed by atoms with van der Waals surface area (Å²) in [6.45, 7) is 8.57. The largest absolute Gasteiger partial charge is 0.378 e. The topological polar surface area (TPSA) is 52.9 Å². The number of nitrogens with zero attached hydrogens (tertiary/aromatic N) is 4. The minimum Gasteiger partial charge on any atom is -0.378 e. The molecule has 6 heteroatoms. The quantitative estimate of drug-likeness (QED) is 0.580. The maximum atomic E-state index is 11.6. The number of carbonyl (C=O) groups excluding carboxylic acids is 1. The lowest BCUT2D eigenvalue weighted by Gasteiger charge is -2.26. The van der Waals surface area contributed by atoms with Gasteiger partial charge in [-0.2, -0.15) is 0 Å². The van der Waals surface area contributed by atoms with Gasteiger partial charge in [-0.25, -0.2) is 4.98 Å². The van der Waals surface area contributed by atoms with Crippen molar-refractivity contribution in [3.8, 4) is 11.3 Å². The third-order valence-electron chi connectivity index (χ3n) is 5.31. The number of fused-ring (bicyclic) bond motifs is 1. The summed E-state index contributed by atoms with van der Waals surface area (Å²) in [6, 6.07) is 10.6. The number of hydrogen-bond donors (Lipinski definition) is 1. The van der Waals surface area contributed by atoms with E-state index in [1.807, 2.05) is 21.0 Å². The fourth-order valence-corrected chi connectivity index (χ4v) is 3.60. The van der Waals surface area contributed by atoms with Gasteiger partial charge in [-0.05, 0) is 37.1 Å². The zero-order valence-electron chi connectivity index (χ0n) is 18.8. The van der Waals surface area contributed by atoms with Crippen molar-refractivity contribution >= 4 is 22.9 Å². The van der Waals surface area contributed by atoms with Gasteiger partial charge in [0.1, 0.15) is 5.65 Å². The molecule has 3 rings (SSSR count). The first-order chi connectivity index (χ1) is 14.4. The summed E-state index contributed by atoms with van der Waals surface area (Å²) in [7, 11) is 4.08. The monoisotopic (exact) mass is 407 g/mol. The summed E-state index contributed by atoms with van der Waals surface area (Å²) in [5.74, 6) is 0.0955. The molecule has 0 aliphatic carbocycles. The molecule has 0 saturated heterocycles. The first-order valence-electron chi connectivity index (χ1n) is 10.7. The number of amides is 1. The van der Waals surface area contributed by atoms with Crippen LogP contribution in [0.2, 0.25) is 0 Å². The molecule has 0 aliphatic heterocycles. The van der Waals surface area contributed by atoms with Gasteiger partial charge in [0.05, 0.1) is 11.4 Å². The highest BCUT2D eigenvalue weighted by Crippen LogP contribution is 2.26. The zero-order valence-corrected chi connectivity index (χ0v) is 18.8. The summed E-state index contributed by atoms with van der Waals surface area (Å²) >= 11 is 0. The van der Waals surface area contributed by atoms with Crippen LogP contribution in [0.4, 0.5) is 11.4 Å². The Morgan fingerprint density at radius 2 is 1.83 bits per heavy atom. The molecule has 2 aromatic heterocycles. The first-order valence-corrected chi connectivity index (χ1v) is 10.7. The normalized spacial score (nSPS) is 11.0. The number of nitrogens with one attached hydrogen (secondary N) is 1. The maximum Gasteiger partial charge on any atom is 0.219 e. The van der Waals surface area contributed by atoms with Crippen molar-refractivity contribution in [1.29, 1.82) is 0 Å². The Balaban J connectivity index is 1.86. The molecule has 1 aromatic carbocycles. The molecule has 0 fully saturated rings. The van der Waals surface area contributed by atoms with Crippen LogP contribution >= 0.6 is 0 Å². The van der Waals surface area contributed by atoms with Gasteiger partial charge in [0.15, 0.2) is 0 Å². The van der Waals surface area contributed by atoms with E-state index >= 15 is 0 Å². The lowest BCUT2D eigenvalue weighted by Crippen LogP contribution is -2.35. The third kappa shape index (κ3) is 4.93. The summed E-state index contributed by atoms with van der Waals surface area (Å²) < 4.78 is 2.10. The van der Waals surface area contributed by atoms with E-state index in [1.54, 1.807) is 0 Å². The van der Waals surface area contributed by atoms with Crippen LogP contribution in [0.15, 0.2) is 42.7 Å². The Morgan fingerprint density at radius 1 is 1.10 bits per heavy atom. The zero-order chi connectivity index (χ0) is 21.7. The fraction of sp³-hybridized carbons (Fsp3) is 0.417. The lowest BCUT2D eigenvalue weighted by atomic mass is 10.1. The van der Waals surface area contributed by atoms with Crippen molar-refractivity contribution in [2.45, 2.75) is 33.6 Å². The van der Waals surface area contributed by atoms with Gasteiger partial charge in [-0.1, -0.05) is 26.0 Å². The van der Waals surface area contributed by atoms with Gasteiger partial charge in [0.25, 0.3) is 0 Å². The van der Waals surface area contributed by atoms with Crippen LogP contribution < -0.4 is 15.1 Å². The Kier molecular flexibility index (Phi) is 6.98. The summed E-state index contributed by atoms with van der Waals surface area (Å²) in [4.78, 5) is 20.9. The smallest absolute Gasteiger partial charge is 0.219 e. The highest BCUT2D eigenvalue weighted by atomic mass is 16.1. The maximum absolute atomic E-state index is 11.6. The number of rotatable bonds is 9. The van der Waals surface area contributed by atoms with Crippen molar-refractivity contribution in [2.24, 2.45) is 0 Å². The summed E-state index contributed by atoms with van der Waals surface area (Å²) in [6.07, 6.45) is 5.82. The van der Waals surface area contributed by atoms with Crippen LogP contribution in [-0.4, -0.2) is 49.0 Å². The Morgan fingerprint density at radius 3 is 2.47 bits per heavy atom. The molecule has 2 heterocycles. The van der Waals surface area contributed by atoms with E-state index in [9.17, 15) is 4.79 Å². The molecule has 0 aliphatic rings. The van der Waals surface area contributed by atoms with Crippen LogP contribution in [0.25, 0.3) is 16.9 Å². The van der Waals surface area contributed by atoms with Gasteiger partial charge in [-0.3, -0.25) is 4.79 Å². The molecule has 6 nitrogen and oxygen atoms in total. The van der Waals surface area contributed by atoms with E-state index in [0.29, 0.717) is 13.0 Å². The highest BCUT2D eigenvalue weighted by molar-refractivity contribution is 5.75. The summed E-state index contributed by atoms with van der Waals surface area (Å²) in [5, 5.41) is 2.98. The Hall–Kier alpha value is -3.02. The van der Waals surface area contributed by atoms with E-state index in [1.165, 1.54) is 16.9 Å². The van der Waals surface area contributed by atoms with Crippen molar-refractivity contribution in [3.63, 3.8) is 0 Å². The van der Waals surface area contributed by atoms with Crippen molar-refractivity contribution in [1.82, 2.24) is 14.7 Å². The molecule has 0 unspecified atom stereocenters. The third-order valence-corrected chi connectivity index (χ3v) is 5.31. The number of anilines is 2. The summed E-state index contributed by atoms with van der Waals surface area (Å²) in [5.41, 5.74) is 6.56. The number of pyridine rings is 1. The van der Waals surface area contributed by atoms with Crippen LogP contribution in [-0.2, 0) is 4.79 Å². The molecule has 0 spiro atoms. The molecular formula is C24H33N5O. The molecule has 0 radical (unpaired) electrons. The van der Waals surface area contributed by atoms with Crippen LogP contribution in [0.3, 0.4) is 0 Å². The number of hydrogen-bond acceptors (Lipinski definition) is 4. The van der Waals surface area contributed by atoms with Crippen molar-refractivity contribution in [2.75, 3.05) is 43.5 Å². The molecule has 160 valence electrons. The minimum absolute atomic E-state index is 0.0955. The van der Waals surface area contributed by atoms with E-state index in [4.69, 9.17) is 4.98 Å². The van der Waals surface area contributed by atoms with E-state index in [2.05, 4.69) is 76.1 Å². The highest BCUT2D eigenvalue weighted by Gasteiger charge is 2.13. The van der Waals surface area contributed by atoms with Crippen molar-refractivity contribution in [3.05, 3.63) is 48.3 Å². The van der Waals surface area contributed by atoms with E-state index in [0.717, 1.165) is 36.4 Å². The molecule has 0 atom stereocenters. The first kappa shape index (κ1) is 21.7. The van der Waals surface area contributed by atoms with Crippen molar-refractivity contribution < 1.29 is 4.79 Å². The minimum atomic E-state index is 0.0955. The van der Waals surface area contributed by atoms with Crippen LogP contribution in [0, 0.1) is 6.92 Å². The Bertz CT molecular complexity index is 991. The molecule has 0 bridgehead atoms. The number of aryl methyl sites for hydroxylation is 1. The molecule has 1 N–H and O–H groups in total. The second-order valence-electron chi connectivity index (χ2n) is 7.87. The second-order valence-corrected chi connectivity index (χ2v) is 7.87. The standard InChI is InChI=1S/C24H33N5O/c1-6-13-28(14-12-25-24(30)7-2)22-17-29-16-21(26-23(29)15-18(22)3)19-8-10-20(11-9-19)27(4)5/h8-11,15-17H,6-7,12-14H2,1-5H3,(H,25,30). The molecule has 1 amide bonds. The predicted molar refractivity (Wildman–Crippen MR) is 125 cm³/mol. The molecule has 0 saturated carbocycles. The predicted octanol–water partition coefficient (Wildman–Crippen LogP) is 4.12. The van der Waals surface area contributed by atoms with Gasteiger partial charge in [0.2, 0.25) is 5.91 Å². The fourth-order valence-electron chi connectivity index (χ4n) is 3.60. The van der Waals surface area contributed by atoms with Gasteiger partial charge < -0.3 is 19.5 Å². The molecule has 30 heavy (non-hydrogen) atoms.